The first-order valence-corrected chi connectivity index (χ1v) is 6.83. The first-order valence-electron chi connectivity index (χ1n) is 6.83. The summed E-state index contributed by atoms with van der Waals surface area (Å²) in [5.41, 5.74) is 2.20. The van der Waals surface area contributed by atoms with E-state index in [2.05, 4.69) is 5.10 Å². The van der Waals surface area contributed by atoms with Crippen molar-refractivity contribution in [2.24, 2.45) is 5.92 Å². The van der Waals surface area contributed by atoms with Gasteiger partial charge in [-0.25, -0.2) is 0 Å². The van der Waals surface area contributed by atoms with Crippen molar-refractivity contribution in [3.63, 3.8) is 0 Å². The van der Waals surface area contributed by atoms with Gasteiger partial charge in [0.25, 0.3) is 0 Å². The number of nitrogens with zero attached hydrogens (tertiary/aromatic N) is 2. The Kier molecular flexibility index (Phi) is 4.87. The third-order valence-electron chi connectivity index (χ3n) is 2.90. The van der Waals surface area contributed by atoms with Crippen LogP contribution in [0.2, 0.25) is 0 Å². The van der Waals surface area contributed by atoms with E-state index < -0.39 is 0 Å². The van der Waals surface area contributed by atoms with Crippen molar-refractivity contribution in [1.82, 2.24) is 9.78 Å². The van der Waals surface area contributed by atoms with Crippen molar-refractivity contribution < 1.29 is 14.3 Å². The Morgan fingerprint density at radius 1 is 1.38 bits per heavy atom. The van der Waals surface area contributed by atoms with Gasteiger partial charge in [0.05, 0.1) is 12.8 Å². The normalized spacial score (nSPS) is 10.6. The lowest BCUT2D eigenvalue weighted by molar-refractivity contribution is -0.145. The number of hydrogen-bond donors (Lipinski definition) is 0. The second-order valence-electron chi connectivity index (χ2n) is 5.21. The Morgan fingerprint density at radius 2 is 2.14 bits per heavy atom. The van der Waals surface area contributed by atoms with Gasteiger partial charge in [-0.2, -0.15) is 5.10 Å². The Labute approximate surface area is 123 Å². The van der Waals surface area contributed by atoms with E-state index in [1.165, 1.54) is 4.68 Å². The molecule has 0 aliphatic carbocycles. The smallest absolute Gasteiger partial charge is 0.327 e. The summed E-state index contributed by atoms with van der Waals surface area (Å²) in [6.45, 7) is 4.43. The number of benzene rings is 1. The predicted molar refractivity (Wildman–Crippen MR) is 78.8 cm³/mol. The van der Waals surface area contributed by atoms with Gasteiger partial charge in [-0.05, 0) is 11.5 Å². The molecule has 2 rings (SSSR count). The molecule has 0 aliphatic rings. The van der Waals surface area contributed by atoms with E-state index in [1.54, 1.807) is 24.5 Å². The number of aromatic nitrogens is 2. The molecule has 5 nitrogen and oxygen atoms in total. The molecule has 0 amide bonds. The standard InChI is InChI=1S/C16H18N2O3/c1-12(2)11-21-16(20)9-18-8-14(7-17-18)15-6-4-3-5-13(15)10-19/h3-8,10,12H,9,11H2,1-2H3. The fourth-order valence-corrected chi connectivity index (χ4v) is 1.89. The van der Waals surface area contributed by atoms with E-state index in [0.29, 0.717) is 18.1 Å². The number of carbonyl (C=O) groups excluding carboxylic acids is 2. The summed E-state index contributed by atoms with van der Waals surface area (Å²) in [7, 11) is 0. The molecule has 0 unspecified atom stereocenters. The molecule has 2 aromatic rings. The number of esters is 1. The van der Waals surface area contributed by atoms with Crippen LogP contribution in [0.1, 0.15) is 24.2 Å². The summed E-state index contributed by atoms with van der Waals surface area (Å²) in [5, 5.41) is 4.13. The molecule has 0 fully saturated rings. The first-order chi connectivity index (χ1) is 10.1. The molecule has 21 heavy (non-hydrogen) atoms. The van der Waals surface area contributed by atoms with Crippen LogP contribution < -0.4 is 0 Å². The summed E-state index contributed by atoms with van der Waals surface area (Å²) in [6, 6.07) is 7.26. The summed E-state index contributed by atoms with van der Waals surface area (Å²) in [4.78, 5) is 22.7. The van der Waals surface area contributed by atoms with Crippen LogP contribution in [0.25, 0.3) is 11.1 Å². The molecule has 0 saturated carbocycles. The fourth-order valence-electron chi connectivity index (χ4n) is 1.89. The summed E-state index contributed by atoms with van der Waals surface area (Å²) in [6.07, 6.45) is 4.18. The predicted octanol–water partition coefficient (Wildman–Crippen LogP) is 2.56. The molecular formula is C16H18N2O3. The fraction of sp³-hybridized carbons (Fsp3) is 0.312. The van der Waals surface area contributed by atoms with E-state index in [9.17, 15) is 9.59 Å². The van der Waals surface area contributed by atoms with Crippen LogP contribution in [0, 0.1) is 5.92 Å². The van der Waals surface area contributed by atoms with Crippen LogP contribution in [0.3, 0.4) is 0 Å². The average molecular weight is 286 g/mol. The topological polar surface area (TPSA) is 61.2 Å². The third kappa shape index (κ3) is 4.02. The third-order valence-corrected chi connectivity index (χ3v) is 2.90. The lowest BCUT2D eigenvalue weighted by atomic mass is 10.0. The number of rotatable bonds is 6. The van der Waals surface area contributed by atoms with E-state index in [0.717, 1.165) is 17.4 Å². The number of ether oxygens (including phenoxy) is 1. The molecule has 0 saturated heterocycles. The van der Waals surface area contributed by atoms with Crippen LogP contribution in [0.5, 0.6) is 0 Å². The average Bonchev–Trinajstić information content (AvgIpc) is 2.93. The maximum Gasteiger partial charge on any atom is 0.327 e. The van der Waals surface area contributed by atoms with E-state index >= 15 is 0 Å². The highest BCUT2D eigenvalue weighted by Gasteiger charge is 2.10. The summed E-state index contributed by atoms with van der Waals surface area (Å²) >= 11 is 0. The number of hydrogen-bond acceptors (Lipinski definition) is 4. The van der Waals surface area contributed by atoms with Crippen molar-refractivity contribution >= 4 is 12.3 Å². The lowest BCUT2D eigenvalue weighted by Gasteiger charge is -2.06. The van der Waals surface area contributed by atoms with Crippen LogP contribution in [-0.2, 0) is 16.1 Å². The van der Waals surface area contributed by atoms with Crippen molar-refractivity contribution in [1.29, 1.82) is 0 Å². The van der Waals surface area contributed by atoms with Crippen molar-refractivity contribution in [2.75, 3.05) is 6.61 Å². The second-order valence-corrected chi connectivity index (χ2v) is 5.21. The molecule has 1 aromatic heterocycles. The quantitative estimate of drug-likeness (QED) is 0.605. The Morgan fingerprint density at radius 3 is 2.86 bits per heavy atom. The highest BCUT2D eigenvalue weighted by molar-refractivity contribution is 5.87. The minimum Gasteiger partial charge on any atom is -0.464 e. The van der Waals surface area contributed by atoms with Gasteiger partial charge in [-0.1, -0.05) is 38.1 Å². The second kappa shape index (κ2) is 6.83. The first kappa shape index (κ1) is 15.0. The maximum absolute atomic E-state index is 11.6. The molecule has 1 heterocycles. The molecule has 0 spiro atoms. The van der Waals surface area contributed by atoms with E-state index in [1.807, 2.05) is 26.0 Å². The van der Waals surface area contributed by atoms with E-state index in [-0.39, 0.29) is 12.5 Å². The largest absolute Gasteiger partial charge is 0.464 e. The molecule has 0 atom stereocenters. The van der Waals surface area contributed by atoms with Gasteiger partial charge in [-0.3, -0.25) is 14.3 Å². The van der Waals surface area contributed by atoms with Gasteiger partial charge in [0.15, 0.2) is 6.29 Å². The molecule has 0 radical (unpaired) electrons. The maximum atomic E-state index is 11.6. The van der Waals surface area contributed by atoms with Gasteiger partial charge in [-0.15, -0.1) is 0 Å². The van der Waals surface area contributed by atoms with Crippen LogP contribution >= 0.6 is 0 Å². The monoisotopic (exact) mass is 286 g/mol. The lowest BCUT2D eigenvalue weighted by Crippen LogP contribution is -2.16. The van der Waals surface area contributed by atoms with E-state index in [4.69, 9.17) is 4.74 Å². The van der Waals surface area contributed by atoms with Gasteiger partial charge in [0, 0.05) is 17.3 Å². The Bertz CT molecular complexity index is 632. The number of aldehydes is 1. The Balaban J connectivity index is 2.08. The molecule has 110 valence electrons. The van der Waals surface area contributed by atoms with Gasteiger partial charge >= 0.3 is 5.97 Å². The summed E-state index contributed by atoms with van der Waals surface area (Å²) < 4.78 is 6.62. The zero-order chi connectivity index (χ0) is 15.2. The number of carbonyl (C=O) groups is 2. The molecule has 1 aromatic carbocycles. The zero-order valence-corrected chi connectivity index (χ0v) is 12.2. The molecule has 0 aliphatic heterocycles. The highest BCUT2D eigenvalue weighted by atomic mass is 16.5. The molecule has 0 N–H and O–H groups in total. The minimum absolute atomic E-state index is 0.0655. The minimum atomic E-state index is -0.318. The van der Waals surface area contributed by atoms with Gasteiger partial charge in [0.1, 0.15) is 6.54 Å². The Hall–Kier alpha value is -2.43. The van der Waals surface area contributed by atoms with Crippen molar-refractivity contribution in [2.45, 2.75) is 20.4 Å². The molecule has 5 heteroatoms. The van der Waals surface area contributed by atoms with Crippen molar-refractivity contribution in [3.05, 3.63) is 42.2 Å². The van der Waals surface area contributed by atoms with Crippen LogP contribution in [0.4, 0.5) is 0 Å². The van der Waals surface area contributed by atoms with Gasteiger partial charge in [0.2, 0.25) is 0 Å². The summed E-state index contributed by atoms with van der Waals surface area (Å²) in [5.74, 6) is -0.0105. The molecule has 0 bridgehead atoms. The van der Waals surface area contributed by atoms with Gasteiger partial charge < -0.3 is 4.74 Å². The van der Waals surface area contributed by atoms with Crippen LogP contribution in [0.15, 0.2) is 36.7 Å². The van der Waals surface area contributed by atoms with Crippen LogP contribution in [-0.4, -0.2) is 28.6 Å². The SMILES string of the molecule is CC(C)COC(=O)Cn1cc(-c2ccccc2C=O)cn1. The highest BCUT2D eigenvalue weighted by Crippen LogP contribution is 2.21. The van der Waals surface area contributed by atoms with Crippen molar-refractivity contribution in [3.8, 4) is 11.1 Å². The molecular weight excluding hydrogens is 268 g/mol. The zero-order valence-electron chi connectivity index (χ0n) is 12.2.